The molecule has 0 unspecified atom stereocenters. The van der Waals surface area contributed by atoms with E-state index in [1.54, 1.807) is 24.3 Å². The lowest BCUT2D eigenvalue weighted by atomic mass is 10.1. The summed E-state index contributed by atoms with van der Waals surface area (Å²) in [5, 5.41) is 2.78. The molecule has 1 aromatic rings. The Balaban J connectivity index is 1.95. The van der Waals surface area contributed by atoms with Gasteiger partial charge in [-0.25, -0.2) is 8.42 Å². The number of ether oxygens (including phenoxy) is 1. The molecule has 2 heterocycles. The summed E-state index contributed by atoms with van der Waals surface area (Å²) in [7, 11) is -2.05. The number of fused-ring (bicyclic) bond motifs is 2. The van der Waals surface area contributed by atoms with Crippen LogP contribution < -0.4 is 10.1 Å². The first-order valence-corrected chi connectivity index (χ1v) is 8.40. The van der Waals surface area contributed by atoms with E-state index in [4.69, 9.17) is 4.74 Å². The van der Waals surface area contributed by atoms with Crippen LogP contribution in [0.25, 0.3) is 0 Å². The Labute approximate surface area is 124 Å². The number of sulfonamides is 1. The van der Waals surface area contributed by atoms with Gasteiger partial charge in [0.05, 0.1) is 12.0 Å². The van der Waals surface area contributed by atoms with Gasteiger partial charge in [0.25, 0.3) is 0 Å². The fourth-order valence-electron chi connectivity index (χ4n) is 3.10. The number of carbonyl (C=O) groups excluding carboxylic acids is 1. The molecule has 0 spiro atoms. The van der Waals surface area contributed by atoms with Crippen LogP contribution in [0, 0.1) is 0 Å². The number of hydrogen-bond donors (Lipinski definition) is 1. The molecule has 2 fully saturated rings. The summed E-state index contributed by atoms with van der Waals surface area (Å²) in [6.45, 7) is 0.394. The molecule has 114 valence electrons. The topological polar surface area (TPSA) is 75.7 Å². The van der Waals surface area contributed by atoms with Gasteiger partial charge in [-0.15, -0.1) is 0 Å². The highest BCUT2D eigenvalue weighted by atomic mass is 32.2. The number of carbonyl (C=O) groups is 1. The maximum Gasteiger partial charge on any atom is 0.243 e. The third-order valence-corrected chi connectivity index (χ3v) is 6.16. The van der Waals surface area contributed by atoms with E-state index in [1.165, 1.54) is 11.4 Å². The second kappa shape index (κ2) is 5.31. The third kappa shape index (κ3) is 2.51. The lowest BCUT2D eigenvalue weighted by Gasteiger charge is -2.26. The summed E-state index contributed by atoms with van der Waals surface area (Å²) in [5.41, 5.74) is 0. The Kier molecular flexibility index (Phi) is 3.62. The van der Waals surface area contributed by atoms with Gasteiger partial charge in [0.1, 0.15) is 5.75 Å². The van der Waals surface area contributed by atoms with Crippen LogP contribution in [-0.2, 0) is 14.8 Å². The van der Waals surface area contributed by atoms with Crippen LogP contribution in [-0.4, -0.2) is 44.4 Å². The van der Waals surface area contributed by atoms with Crippen molar-refractivity contribution in [2.24, 2.45) is 0 Å². The van der Waals surface area contributed by atoms with Crippen molar-refractivity contribution in [3.63, 3.8) is 0 Å². The van der Waals surface area contributed by atoms with Crippen LogP contribution in [0.5, 0.6) is 5.75 Å². The molecule has 7 heteroatoms. The predicted octanol–water partition coefficient (Wildman–Crippen LogP) is 0.737. The standard InChI is InChI=1S/C14H18N2O4S/c1-20-12-4-6-13(7-5-12)21(18,19)16-10-2-3-11(16)9-15-14(17)8-10/h4-7,10-11H,2-3,8-9H2,1H3,(H,15,17)/t10-,11-/m0/s1. The maximum absolute atomic E-state index is 12.9. The third-order valence-electron chi connectivity index (χ3n) is 4.14. The Morgan fingerprint density at radius 1 is 1.19 bits per heavy atom. The molecule has 1 amide bonds. The molecule has 1 N–H and O–H groups in total. The second-order valence-corrected chi connectivity index (χ2v) is 7.25. The van der Waals surface area contributed by atoms with E-state index in [9.17, 15) is 13.2 Å². The molecule has 6 nitrogen and oxygen atoms in total. The molecule has 0 aliphatic carbocycles. The number of hydrogen-bond acceptors (Lipinski definition) is 4. The lowest BCUT2D eigenvalue weighted by Crippen LogP contribution is -2.42. The number of amides is 1. The van der Waals surface area contributed by atoms with E-state index < -0.39 is 10.0 Å². The van der Waals surface area contributed by atoms with Crippen molar-refractivity contribution in [2.75, 3.05) is 13.7 Å². The van der Waals surface area contributed by atoms with Gasteiger partial charge in [-0.2, -0.15) is 4.31 Å². The number of methoxy groups -OCH3 is 1. The minimum Gasteiger partial charge on any atom is -0.497 e. The zero-order valence-electron chi connectivity index (χ0n) is 11.8. The smallest absolute Gasteiger partial charge is 0.243 e. The van der Waals surface area contributed by atoms with Crippen molar-refractivity contribution in [3.05, 3.63) is 24.3 Å². The van der Waals surface area contributed by atoms with Crippen LogP contribution in [0.3, 0.4) is 0 Å². The number of nitrogens with one attached hydrogen (secondary N) is 1. The maximum atomic E-state index is 12.9. The molecular weight excluding hydrogens is 292 g/mol. The fraction of sp³-hybridized carbons (Fsp3) is 0.500. The van der Waals surface area contributed by atoms with Crippen molar-refractivity contribution in [2.45, 2.75) is 36.2 Å². The van der Waals surface area contributed by atoms with Crippen LogP contribution in [0.15, 0.2) is 29.2 Å². The summed E-state index contributed by atoms with van der Waals surface area (Å²) in [6.07, 6.45) is 1.78. The lowest BCUT2D eigenvalue weighted by molar-refractivity contribution is -0.121. The number of rotatable bonds is 3. The highest BCUT2D eigenvalue weighted by Gasteiger charge is 2.44. The van der Waals surface area contributed by atoms with E-state index in [1.807, 2.05) is 0 Å². The van der Waals surface area contributed by atoms with Gasteiger partial charge < -0.3 is 10.1 Å². The Morgan fingerprint density at radius 2 is 1.86 bits per heavy atom. The zero-order chi connectivity index (χ0) is 15.0. The minimum absolute atomic E-state index is 0.0721. The fourth-order valence-corrected chi connectivity index (χ4v) is 4.97. The van der Waals surface area contributed by atoms with Crippen LogP contribution >= 0.6 is 0 Å². The van der Waals surface area contributed by atoms with Gasteiger partial charge in [-0.1, -0.05) is 0 Å². The molecule has 1 aromatic carbocycles. The summed E-state index contributed by atoms with van der Waals surface area (Å²) in [6, 6.07) is 5.99. The first-order chi connectivity index (χ1) is 10.0. The summed E-state index contributed by atoms with van der Waals surface area (Å²) < 4.78 is 32.3. The Hall–Kier alpha value is -1.60. The molecule has 0 radical (unpaired) electrons. The van der Waals surface area contributed by atoms with E-state index >= 15 is 0 Å². The van der Waals surface area contributed by atoms with Gasteiger partial charge >= 0.3 is 0 Å². The molecule has 2 atom stereocenters. The molecule has 2 bridgehead atoms. The summed E-state index contributed by atoms with van der Waals surface area (Å²) in [4.78, 5) is 11.9. The molecule has 2 saturated heterocycles. The monoisotopic (exact) mass is 310 g/mol. The first kappa shape index (κ1) is 14.3. The predicted molar refractivity (Wildman–Crippen MR) is 76.5 cm³/mol. The molecule has 0 saturated carbocycles. The van der Waals surface area contributed by atoms with E-state index in [2.05, 4.69) is 5.32 Å². The quantitative estimate of drug-likeness (QED) is 0.893. The van der Waals surface area contributed by atoms with Crippen molar-refractivity contribution >= 4 is 15.9 Å². The zero-order valence-corrected chi connectivity index (χ0v) is 12.6. The molecular formula is C14H18N2O4S. The van der Waals surface area contributed by atoms with E-state index in [0.717, 1.165) is 12.8 Å². The average Bonchev–Trinajstić information content (AvgIpc) is 2.79. The van der Waals surface area contributed by atoms with Crippen LogP contribution in [0.1, 0.15) is 19.3 Å². The molecule has 0 aromatic heterocycles. The van der Waals surface area contributed by atoms with Gasteiger partial charge in [0.2, 0.25) is 15.9 Å². The molecule has 21 heavy (non-hydrogen) atoms. The largest absolute Gasteiger partial charge is 0.497 e. The van der Waals surface area contributed by atoms with Crippen molar-refractivity contribution < 1.29 is 17.9 Å². The average molecular weight is 310 g/mol. The molecule has 3 rings (SSSR count). The Morgan fingerprint density at radius 3 is 2.52 bits per heavy atom. The highest BCUT2D eigenvalue weighted by molar-refractivity contribution is 7.89. The number of benzene rings is 1. The number of nitrogens with zero attached hydrogens (tertiary/aromatic N) is 1. The van der Waals surface area contributed by atoms with E-state index in [-0.39, 0.29) is 29.3 Å². The van der Waals surface area contributed by atoms with Crippen LogP contribution in [0.2, 0.25) is 0 Å². The highest BCUT2D eigenvalue weighted by Crippen LogP contribution is 2.34. The van der Waals surface area contributed by atoms with Crippen molar-refractivity contribution in [1.29, 1.82) is 0 Å². The van der Waals surface area contributed by atoms with Gasteiger partial charge in [-0.3, -0.25) is 4.79 Å². The van der Waals surface area contributed by atoms with Gasteiger partial charge in [-0.05, 0) is 37.1 Å². The van der Waals surface area contributed by atoms with Crippen LogP contribution in [0.4, 0.5) is 0 Å². The van der Waals surface area contributed by atoms with E-state index in [0.29, 0.717) is 12.3 Å². The SMILES string of the molecule is COc1ccc(S(=O)(=O)N2[C@H]3CC[C@H]2CC(=O)NC3)cc1. The Bertz CT molecular complexity index is 641. The summed E-state index contributed by atoms with van der Waals surface area (Å²) >= 11 is 0. The van der Waals surface area contributed by atoms with Gasteiger partial charge in [0.15, 0.2) is 0 Å². The van der Waals surface area contributed by atoms with Gasteiger partial charge in [0, 0.05) is 25.0 Å². The normalized spacial score (nSPS) is 26.2. The molecule has 2 aliphatic rings. The van der Waals surface area contributed by atoms with Crippen molar-refractivity contribution in [1.82, 2.24) is 9.62 Å². The second-order valence-electron chi connectivity index (χ2n) is 5.40. The summed E-state index contributed by atoms with van der Waals surface area (Å²) in [5.74, 6) is 0.543. The first-order valence-electron chi connectivity index (χ1n) is 6.96. The van der Waals surface area contributed by atoms with Crippen molar-refractivity contribution in [3.8, 4) is 5.75 Å². The molecule has 2 aliphatic heterocycles. The minimum atomic E-state index is -3.58.